The lowest BCUT2D eigenvalue weighted by Crippen LogP contribution is -2.30. The van der Waals surface area contributed by atoms with Crippen LogP contribution in [0.1, 0.15) is 33.1 Å². The van der Waals surface area contributed by atoms with Gasteiger partial charge in [-0.2, -0.15) is 0 Å². The molecular formula is C18H17NO3S2. The number of nitrogens with one attached hydrogen (secondary N) is 1. The third-order valence-electron chi connectivity index (χ3n) is 3.71. The van der Waals surface area contributed by atoms with Crippen LogP contribution in [-0.2, 0) is 9.53 Å². The fraction of sp³-hybridized carbons (Fsp3) is 0.222. The molecule has 1 amide bonds. The topological polar surface area (TPSA) is 55.4 Å². The van der Waals surface area contributed by atoms with E-state index in [9.17, 15) is 9.59 Å². The molecule has 2 heterocycles. The number of aryl methyl sites for hydroxylation is 1. The van der Waals surface area contributed by atoms with E-state index in [1.807, 2.05) is 55.6 Å². The molecule has 0 aliphatic heterocycles. The second kappa shape index (κ2) is 7.15. The Morgan fingerprint density at radius 3 is 2.71 bits per heavy atom. The lowest BCUT2D eigenvalue weighted by molar-refractivity contribution is -0.124. The number of ether oxygens (including phenoxy) is 1. The molecular weight excluding hydrogens is 342 g/mol. The van der Waals surface area contributed by atoms with Crippen LogP contribution < -0.4 is 5.32 Å². The minimum Gasteiger partial charge on any atom is -0.451 e. The van der Waals surface area contributed by atoms with E-state index in [1.165, 1.54) is 11.3 Å². The second-order valence-corrected chi connectivity index (χ2v) is 7.46. The first-order valence-corrected chi connectivity index (χ1v) is 9.24. The van der Waals surface area contributed by atoms with Crippen LogP contribution in [0.25, 0.3) is 10.1 Å². The summed E-state index contributed by atoms with van der Waals surface area (Å²) in [4.78, 5) is 25.8. The molecule has 0 aliphatic rings. The Bertz CT molecular complexity index is 868. The first-order valence-electron chi connectivity index (χ1n) is 7.54. The molecule has 6 heteroatoms. The van der Waals surface area contributed by atoms with Crippen LogP contribution in [0.5, 0.6) is 0 Å². The molecule has 0 bridgehead atoms. The Morgan fingerprint density at radius 1 is 1.21 bits per heavy atom. The summed E-state index contributed by atoms with van der Waals surface area (Å²) >= 11 is 2.97. The predicted molar refractivity (Wildman–Crippen MR) is 97.7 cm³/mol. The van der Waals surface area contributed by atoms with E-state index in [-0.39, 0.29) is 18.6 Å². The summed E-state index contributed by atoms with van der Waals surface area (Å²) in [7, 11) is 0. The van der Waals surface area contributed by atoms with E-state index in [1.54, 1.807) is 11.3 Å². The van der Waals surface area contributed by atoms with Crippen molar-refractivity contribution in [3.63, 3.8) is 0 Å². The Hall–Kier alpha value is -2.18. The average Bonchev–Trinajstić information content (AvgIpc) is 3.21. The molecule has 0 saturated heterocycles. The zero-order valence-corrected chi connectivity index (χ0v) is 15.0. The number of carbonyl (C=O) groups is 2. The van der Waals surface area contributed by atoms with Crippen molar-refractivity contribution >= 4 is 44.6 Å². The maximum Gasteiger partial charge on any atom is 0.349 e. The molecule has 0 radical (unpaired) electrons. The van der Waals surface area contributed by atoms with Crippen LogP contribution in [0, 0.1) is 6.92 Å². The molecule has 0 fully saturated rings. The maximum absolute atomic E-state index is 12.3. The molecule has 2 aromatic heterocycles. The number of thiophene rings is 2. The zero-order chi connectivity index (χ0) is 17.1. The monoisotopic (exact) mass is 359 g/mol. The van der Waals surface area contributed by atoms with Gasteiger partial charge in [-0.3, -0.25) is 4.79 Å². The Kier molecular flexibility index (Phi) is 4.97. The van der Waals surface area contributed by atoms with Crippen LogP contribution in [0.15, 0.2) is 41.8 Å². The first-order chi connectivity index (χ1) is 11.6. The van der Waals surface area contributed by atoms with Crippen molar-refractivity contribution < 1.29 is 14.3 Å². The SMILES string of the molecule is Cc1c(C(=O)OCC(=O)N[C@@H](C)c2cccs2)sc2ccccc12. The van der Waals surface area contributed by atoms with Crippen LogP contribution in [0.3, 0.4) is 0 Å². The number of rotatable bonds is 5. The van der Waals surface area contributed by atoms with Crippen molar-refractivity contribution in [1.29, 1.82) is 0 Å². The van der Waals surface area contributed by atoms with Gasteiger partial charge in [-0.25, -0.2) is 4.79 Å². The fourth-order valence-electron chi connectivity index (χ4n) is 2.46. The summed E-state index contributed by atoms with van der Waals surface area (Å²) < 4.78 is 6.22. The van der Waals surface area contributed by atoms with Crippen LogP contribution in [0.2, 0.25) is 0 Å². The smallest absolute Gasteiger partial charge is 0.349 e. The molecule has 3 rings (SSSR count). The van der Waals surface area contributed by atoms with Crippen molar-refractivity contribution in [2.24, 2.45) is 0 Å². The van der Waals surface area contributed by atoms with Crippen LogP contribution in [-0.4, -0.2) is 18.5 Å². The number of carbonyl (C=O) groups excluding carboxylic acids is 2. The fourth-order valence-corrected chi connectivity index (χ4v) is 4.29. The molecule has 0 spiro atoms. The minimum atomic E-state index is -0.451. The number of amides is 1. The van der Waals surface area contributed by atoms with Crippen molar-refractivity contribution in [3.05, 3.63) is 57.1 Å². The molecule has 1 aromatic carbocycles. The molecule has 24 heavy (non-hydrogen) atoms. The Balaban J connectivity index is 1.60. The van der Waals surface area contributed by atoms with E-state index in [0.29, 0.717) is 4.88 Å². The molecule has 1 N–H and O–H groups in total. The summed E-state index contributed by atoms with van der Waals surface area (Å²) in [5, 5.41) is 5.84. The highest BCUT2D eigenvalue weighted by atomic mass is 32.1. The maximum atomic E-state index is 12.3. The van der Waals surface area contributed by atoms with E-state index < -0.39 is 5.97 Å². The molecule has 4 nitrogen and oxygen atoms in total. The zero-order valence-electron chi connectivity index (χ0n) is 13.4. The highest BCUT2D eigenvalue weighted by Gasteiger charge is 2.18. The summed E-state index contributed by atoms with van der Waals surface area (Å²) in [5.41, 5.74) is 0.896. The van der Waals surface area contributed by atoms with Crippen molar-refractivity contribution in [3.8, 4) is 0 Å². The molecule has 0 aliphatic carbocycles. The normalized spacial score (nSPS) is 12.1. The van der Waals surface area contributed by atoms with Gasteiger partial charge in [0.2, 0.25) is 0 Å². The van der Waals surface area contributed by atoms with Crippen molar-refractivity contribution in [1.82, 2.24) is 5.32 Å². The van der Waals surface area contributed by atoms with Gasteiger partial charge < -0.3 is 10.1 Å². The van der Waals surface area contributed by atoms with Gasteiger partial charge in [0.15, 0.2) is 6.61 Å². The predicted octanol–water partition coefficient (Wildman–Crippen LogP) is 4.31. The minimum absolute atomic E-state index is 0.0951. The summed E-state index contributed by atoms with van der Waals surface area (Å²) in [6.07, 6.45) is 0. The van der Waals surface area contributed by atoms with E-state index >= 15 is 0 Å². The van der Waals surface area contributed by atoms with Crippen molar-refractivity contribution in [2.75, 3.05) is 6.61 Å². The standard InChI is InChI=1S/C18H17NO3S2/c1-11-13-6-3-4-7-15(13)24-17(11)18(21)22-10-16(20)19-12(2)14-8-5-9-23-14/h3-9,12H,10H2,1-2H3,(H,19,20)/t12-/m0/s1. The van der Waals surface area contributed by atoms with Gasteiger partial charge >= 0.3 is 5.97 Å². The molecule has 0 unspecified atom stereocenters. The van der Waals surface area contributed by atoms with Gasteiger partial charge in [-0.05, 0) is 42.3 Å². The first kappa shape index (κ1) is 16.7. The number of hydrogen-bond donors (Lipinski definition) is 1. The third kappa shape index (κ3) is 3.49. The van der Waals surface area contributed by atoms with Gasteiger partial charge in [-0.15, -0.1) is 22.7 Å². The number of benzene rings is 1. The second-order valence-electron chi connectivity index (χ2n) is 5.43. The van der Waals surface area contributed by atoms with Crippen molar-refractivity contribution in [2.45, 2.75) is 19.9 Å². The summed E-state index contributed by atoms with van der Waals surface area (Å²) in [6.45, 7) is 3.53. The van der Waals surface area contributed by atoms with Gasteiger partial charge in [0, 0.05) is 9.58 Å². The highest BCUT2D eigenvalue weighted by molar-refractivity contribution is 7.21. The van der Waals surface area contributed by atoms with E-state index in [2.05, 4.69) is 5.32 Å². The number of esters is 1. The number of hydrogen-bond acceptors (Lipinski definition) is 5. The van der Waals surface area contributed by atoms with E-state index in [4.69, 9.17) is 4.74 Å². The van der Waals surface area contributed by atoms with Crippen LogP contribution in [0.4, 0.5) is 0 Å². The highest BCUT2D eigenvalue weighted by Crippen LogP contribution is 2.30. The number of fused-ring (bicyclic) bond motifs is 1. The molecule has 124 valence electrons. The lowest BCUT2D eigenvalue weighted by Gasteiger charge is -2.12. The van der Waals surface area contributed by atoms with Crippen LogP contribution >= 0.6 is 22.7 Å². The van der Waals surface area contributed by atoms with E-state index in [0.717, 1.165) is 20.5 Å². The molecule has 0 saturated carbocycles. The molecule has 3 aromatic rings. The van der Waals surface area contributed by atoms with Gasteiger partial charge in [0.05, 0.1) is 6.04 Å². The summed E-state index contributed by atoms with van der Waals surface area (Å²) in [5.74, 6) is -0.754. The Morgan fingerprint density at radius 2 is 2.00 bits per heavy atom. The average molecular weight is 359 g/mol. The van der Waals surface area contributed by atoms with Gasteiger partial charge in [0.1, 0.15) is 4.88 Å². The van der Waals surface area contributed by atoms with Gasteiger partial charge in [0.25, 0.3) is 5.91 Å². The largest absolute Gasteiger partial charge is 0.451 e. The third-order valence-corrected chi connectivity index (χ3v) is 6.02. The van der Waals surface area contributed by atoms with Gasteiger partial charge in [-0.1, -0.05) is 24.3 Å². The lowest BCUT2D eigenvalue weighted by atomic mass is 10.1. The quantitative estimate of drug-likeness (QED) is 0.691. The Labute approximate surface area is 148 Å². The molecule has 1 atom stereocenters. The summed E-state index contributed by atoms with van der Waals surface area (Å²) in [6, 6.07) is 11.6.